The Morgan fingerprint density at radius 3 is 2.59 bits per heavy atom. The number of aryl methyl sites for hydroxylation is 2. The Kier molecular flexibility index (Phi) is 3.91. The van der Waals surface area contributed by atoms with Crippen LogP contribution in [0.1, 0.15) is 30.9 Å². The number of nitrogens with one attached hydrogen (secondary N) is 1. The lowest BCUT2D eigenvalue weighted by molar-refractivity contribution is -0.313. The Bertz CT molecular complexity index is 613. The third-order valence-electron chi connectivity index (χ3n) is 4.84. The molecule has 4 unspecified atom stereocenters. The summed E-state index contributed by atoms with van der Waals surface area (Å²) < 4.78 is 5.62. The van der Waals surface area contributed by atoms with Crippen molar-refractivity contribution in [2.24, 2.45) is 11.8 Å². The second-order valence-corrected chi connectivity index (χ2v) is 6.11. The molecule has 1 N–H and O–H groups in total. The van der Waals surface area contributed by atoms with Crippen molar-refractivity contribution < 1.29 is 19.4 Å². The van der Waals surface area contributed by atoms with Gasteiger partial charge in [-0.1, -0.05) is 25.1 Å². The van der Waals surface area contributed by atoms with Crippen LogP contribution in [-0.2, 0) is 20.7 Å². The second-order valence-electron chi connectivity index (χ2n) is 6.11. The van der Waals surface area contributed by atoms with Crippen LogP contribution < -0.4 is 10.4 Å². The SMILES string of the molecule is CCc1cccc(C)c1NC(=O)C1C2CCC(O2)C1C(=O)[O-]. The van der Waals surface area contributed by atoms with Crippen molar-refractivity contribution in [1.82, 2.24) is 0 Å². The number of aliphatic carboxylic acids is 1. The summed E-state index contributed by atoms with van der Waals surface area (Å²) in [7, 11) is 0. The lowest BCUT2D eigenvalue weighted by Crippen LogP contribution is -2.46. The highest BCUT2D eigenvalue weighted by Gasteiger charge is 2.52. The average Bonchev–Trinajstić information content (AvgIpc) is 3.09. The molecule has 2 heterocycles. The fourth-order valence-corrected chi connectivity index (χ4v) is 3.72. The first-order valence-corrected chi connectivity index (χ1v) is 7.78. The second kappa shape index (κ2) is 5.72. The van der Waals surface area contributed by atoms with Crippen molar-refractivity contribution in [3.05, 3.63) is 29.3 Å². The quantitative estimate of drug-likeness (QED) is 0.901. The average molecular weight is 302 g/mol. The van der Waals surface area contributed by atoms with Crippen LogP contribution in [0.4, 0.5) is 5.69 Å². The first-order valence-electron chi connectivity index (χ1n) is 7.78. The highest BCUT2D eigenvalue weighted by molar-refractivity contribution is 5.97. The summed E-state index contributed by atoms with van der Waals surface area (Å²) in [5.74, 6) is -2.96. The molecule has 0 spiro atoms. The number of ether oxygens (including phenoxy) is 1. The third kappa shape index (κ3) is 2.39. The molecule has 2 bridgehead atoms. The summed E-state index contributed by atoms with van der Waals surface area (Å²) in [5, 5.41) is 14.3. The molecule has 2 saturated heterocycles. The van der Waals surface area contributed by atoms with Crippen LogP contribution in [-0.4, -0.2) is 24.1 Å². The van der Waals surface area contributed by atoms with Crippen molar-refractivity contribution in [3.8, 4) is 0 Å². The van der Waals surface area contributed by atoms with E-state index >= 15 is 0 Å². The predicted octanol–water partition coefficient (Wildman–Crippen LogP) is 1.04. The molecule has 118 valence electrons. The lowest BCUT2D eigenvalue weighted by atomic mass is 9.78. The van der Waals surface area contributed by atoms with Gasteiger partial charge in [0, 0.05) is 17.6 Å². The number of amides is 1. The highest BCUT2D eigenvalue weighted by atomic mass is 16.5. The lowest BCUT2D eigenvalue weighted by Gasteiger charge is -2.28. The van der Waals surface area contributed by atoms with E-state index in [1.807, 2.05) is 32.0 Å². The molecule has 5 nitrogen and oxygen atoms in total. The summed E-state index contributed by atoms with van der Waals surface area (Å²) in [6, 6.07) is 5.85. The number of hydrogen-bond donors (Lipinski definition) is 1. The van der Waals surface area contributed by atoms with E-state index in [2.05, 4.69) is 5.32 Å². The third-order valence-corrected chi connectivity index (χ3v) is 4.84. The van der Waals surface area contributed by atoms with Crippen LogP contribution in [0.15, 0.2) is 18.2 Å². The van der Waals surface area contributed by atoms with E-state index in [1.165, 1.54) is 0 Å². The number of benzene rings is 1. The number of carbonyl (C=O) groups excluding carboxylic acids is 2. The summed E-state index contributed by atoms with van der Waals surface area (Å²) in [5.41, 5.74) is 2.80. The molecule has 0 aromatic heterocycles. The molecular weight excluding hydrogens is 282 g/mol. The maximum absolute atomic E-state index is 12.7. The molecule has 0 aliphatic carbocycles. The number of carboxylic acids is 1. The first kappa shape index (κ1) is 15.0. The van der Waals surface area contributed by atoms with Crippen LogP contribution in [0, 0.1) is 18.8 Å². The molecular formula is C17H20NO4-. The fraction of sp³-hybridized carbons (Fsp3) is 0.529. The number of para-hydroxylation sites is 1. The van der Waals surface area contributed by atoms with Crippen molar-refractivity contribution in [3.63, 3.8) is 0 Å². The van der Waals surface area contributed by atoms with Crippen LogP contribution in [0.5, 0.6) is 0 Å². The fourth-order valence-electron chi connectivity index (χ4n) is 3.72. The molecule has 22 heavy (non-hydrogen) atoms. The minimum absolute atomic E-state index is 0.273. The number of hydrogen-bond acceptors (Lipinski definition) is 4. The van der Waals surface area contributed by atoms with Gasteiger partial charge in [-0.15, -0.1) is 0 Å². The summed E-state index contributed by atoms with van der Waals surface area (Å²) in [4.78, 5) is 24.0. The highest BCUT2D eigenvalue weighted by Crippen LogP contribution is 2.43. The van der Waals surface area contributed by atoms with E-state index in [4.69, 9.17) is 4.74 Å². The van der Waals surface area contributed by atoms with E-state index in [1.54, 1.807) is 0 Å². The smallest absolute Gasteiger partial charge is 0.230 e. The minimum atomic E-state index is -1.19. The van der Waals surface area contributed by atoms with Gasteiger partial charge < -0.3 is 20.0 Å². The summed E-state index contributed by atoms with van der Waals surface area (Å²) >= 11 is 0. The standard InChI is InChI=1S/C17H21NO4/c1-3-10-6-4-5-9(2)15(10)18-16(19)13-11-7-8-12(22-11)14(13)17(20)21/h4-6,11-14H,3,7-8H2,1-2H3,(H,18,19)(H,20,21)/p-1. The monoisotopic (exact) mass is 302 g/mol. The van der Waals surface area contributed by atoms with Gasteiger partial charge >= 0.3 is 0 Å². The van der Waals surface area contributed by atoms with Gasteiger partial charge in [-0.3, -0.25) is 4.79 Å². The Morgan fingerprint density at radius 1 is 1.27 bits per heavy atom. The van der Waals surface area contributed by atoms with Crippen molar-refractivity contribution in [2.45, 2.75) is 45.3 Å². The normalized spacial score (nSPS) is 29.5. The maximum atomic E-state index is 12.7. The number of anilines is 1. The molecule has 4 atom stereocenters. The number of carbonyl (C=O) groups is 2. The molecule has 3 rings (SSSR count). The van der Waals surface area contributed by atoms with Crippen LogP contribution in [0.25, 0.3) is 0 Å². The molecule has 1 amide bonds. The number of rotatable bonds is 4. The minimum Gasteiger partial charge on any atom is -0.550 e. The summed E-state index contributed by atoms with van der Waals surface area (Å²) in [6.07, 6.45) is 1.54. The Labute approximate surface area is 129 Å². The van der Waals surface area contributed by atoms with Crippen molar-refractivity contribution in [1.29, 1.82) is 0 Å². The van der Waals surface area contributed by atoms with E-state index in [0.717, 1.165) is 29.7 Å². The Morgan fingerprint density at radius 2 is 1.95 bits per heavy atom. The molecule has 2 aliphatic rings. The van der Waals surface area contributed by atoms with Gasteiger partial charge in [0.05, 0.1) is 18.1 Å². The van der Waals surface area contributed by atoms with Crippen LogP contribution >= 0.6 is 0 Å². The molecule has 2 aliphatic heterocycles. The Balaban J connectivity index is 1.84. The topological polar surface area (TPSA) is 78.5 Å². The zero-order valence-electron chi connectivity index (χ0n) is 12.8. The summed E-state index contributed by atoms with van der Waals surface area (Å²) in [6.45, 7) is 3.96. The van der Waals surface area contributed by atoms with Gasteiger partial charge in [0.25, 0.3) is 0 Å². The molecule has 2 fully saturated rings. The van der Waals surface area contributed by atoms with Crippen molar-refractivity contribution >= 4 is 17.6 Å². The molecule has 1 aromatic carbocycles. The molecule has 0 saturated carbocycles. The van der Waals surface area contributed by atoms with Gasteiger partial charge in [0.2, 0.25) is 5.91 Å². The van der Waals surface area contributed by atoms with E-state index in [-0.39, 0.29) is 18.1 Å². The van der Waals surface area contributed by atoms with E-state index in [9.17, 15) is 14.7 Å². The van der Waals surface area contributed by atoms with Gasteiger partial charge in [0.1, 0.15) is 0 Å². The van der Waals surface area contributed by atoms with Crippen LogP contribution in [0.3, 0.4) is 0 Å². The molecule has 1 aromatic rings. The first-order chi connectivity index (χ1) is 10.5. The zero-order chi connectivity index (χ0) is 15.9. The number of fused-ring (bicyclic) bond motifs is 2. The molecule has 0 radical (unpaired) electrons. The van der Waals surface area contributed by atoms with Gasteiger partial charge in [0.15, 0.2) is 0 Å². The van der Waals surface area contributed by atoms with Gasteiger partial charge in [-0.2, -0.15) is 0 Å². The largest absolute Gasteiger partial charge is 0.550 e. The van der Waals surface area contributed by atoms with Gasteiger partial charge in [-0.25, -0.2) is 0 Å². The maximum Gasteiger partial charge on any atom is 0.230 e. The van der Waals surface area contributed by atoms with Crippen LogP contribution in [0.2, 0.25) is 0 Å². The van der Waals surface area contributed by atoms with E-state index in [0.29, 0.717) is 6.42 Å². The van der Waals surface area contributed by atoms with Crippen molar-refractivity contribution in [2.75, 3.05) is 5.32 Å². The Hall–Kier alpha value is -1.88. The zero-order valence-corrected chi connectivity index (χ0v) is 12.8. The van der Waals surface area contributed by atoms with E-state index < -0.39 is 17.8 Å². The van der Waals surface area contributed by atoms with Gasteiger partial charge in [-0.05, 0) is 37.3 Å². The molecule has 5 heteroatoms. The number of carboxylic acid groups (broad SMARTS) is 1. The predicted molar refractivity (Wildman–Crippen MR) is 79.1 cm³/mol.